The van der Waals surface area contributed by atoms with Crippen molar-refractivity contribution in [1.82, 2.24) is 0 Å². The van der Waals surface area contributed by atoms with Crippen molar-refractivity contribution < 1.29 is 19.4 Å². The van der Waals surface area contributed by atoms with Crippen LogP contribution in [0.4, 0.5) is 0 Å². The molecule has 0 aromatic rings. The number of aliphatic hydroxyl groups is 1. The van der Waals surface area contributed by atoms with Gasteiger partial charge in [0.15, 0.2) is 5.78 Å². The van der Waals surface area contributed by atoms with Crippen LogP contribution >= 0.6 is 0 Å². The quantitative estimate of drug-likeness (QED) is 0.304. The zero-order valence-electron chi connectivity index (χ0n) is 21.0. The highest BCUT2D eigenvalue weighted by molar-refractivity contribution is 5.91. The average molecular weight is 459 g/mol. The molecule has 0 radical (unpaired) electrons. The first kappa shape index (κ1) is 24.9. The third-order valence-corrected chi connectivity index (χ3v) is 9.92. The SMILES string of the molecule is CC(=O)OC1CCC2C3C(CCCCCCCCCO)CC4=CC(=O)CCC4C3CC[C@]12C. The summed E-state index contributed by atoms with van der Waals surface area (Å²) >= 11 is 0. The molecule has 0 aliphatic heterocycles. The Hall–Kier alpha value is -1.16. The first-order valence-electron chi connectivity index (χ1n) is 14.0. The summed E-state index contributed by atoms with van der Waals surface area (Å²) in [6.07, 6.45) is 19.4. The van der Waals surface area contributed by atoms with Gasteiger partial charge in [-0.2, -0.15) is 0 Å². The van der Waals surface area contributed by atoms with E-state index >= 15 is 0 Å². The highest BCUT2D eigenvalue weighted by Crippen LogP contribution is 2.64. The van der Waals surface area contributed by atoms with Gasteiger partial charge >= 0.3 is 5.97 Å². The molecule has 4 aliphatic carbocycles. The monoisotopic (exact) mass is 458 g/mol. The van der Waals surface area contributed by atoms with Crippen LogP contribution in [-0.4, -0.2) is 29.6 Å². The Labute approximate surface area is 200 Å². The molecule has 3 saturated carbocycles. The summed E-state index contributed by atoms with van der Waals surface area (Å²) in [5, 5.41) is 8.94. The number of esters is 1. The molecule has 3 fully saturated rings. The van der Waals surface area contributed by atoms with Gasteiger partial charge in [0.1, 0.15) is 6.10 Å². The predicted octanol–water partition coefficient (Wildman–Crippen LogP) is 6.40. The van der Waals surface area contributed by atoms with Crippen molar-refractivity contribution in [2.24, 2.45) is 35.0 Å². The van der Waals surface area contributed by atoms with Gasteiger partial charge in [-0.25, -0.2) is 0 Å². The van der Waals surface area contributed by atoms with Gasteiger partial charge in [-0.3, -0.25) is 9.59 Å². The van der Waals surface area contributed by atoms with Gasteiger partial charge in [0.05, 0.1) is 0 Å². The number of aliphatic hydroxyl groups excluding tert-OH is 1. The largest absolute Gasteiger partial charge is 0.462 e. The molecule has 4 aliphatic rings. The summed E-state index contributed by atoms with van der Waals surface area (Å²) in [6, 6.07) is 0. The third-order valence-electron chi connectivity index (χ3n) is 9.92. The van der Waals surface area contributed by atoms with E-state index in [2.05, 4.69) is 6.92 Å². The highest BCUT2D eigenvalue weighted by atomic mass is 16.5. The van der Waals surface area contributed by atoms with Gasteiger partial charge < -0.3 is 9.84 Å². The molecule has 0 saturated heterocycles. The lowest BCUT2D eigenvalue weighted by atomic mass is 9.49. The standard InChI is InChI=1S/C29H46O4/c1-20(31)33-27-14-13-26-28-21(10-8-6-4-3-5-7-9-17-30)18-22-19-23(32)11-12-24(22)25(28)15-16-29(26,27)2/h19,21,24-28,30H,3-18H2,1-2H3/t21?,24?,25?,26?,27?,28?,29-/m0/s1. The molecule has 4 rings (SSSR count). The van der Waals surface area contributed by atoms with Gasteiger partial charge in [0.2, 0.25) is 0 Å². The second kappa shape index (κ2) is 11.1. The van der Waals surface area contributed by atoms with Gasteiger partial charge in [0.25, 0.3) is 0 Å². The molecule has 0 bridgehead atoms. The Morgan fingerprint density at radius 3 is 2.52 bits per heavy atom. The van der Waals surface area contributed by atoms with E-state index in [0.29, 0.717) is 30.1 Å². The lowest BCUT2D eigenvalue weighted by Gasteiger charge is -2.56. The third kappa shape index (κ3) is 5.41. The summed E-state index contributed by atoms with van der Waals surface area (Å²) in [4.78, 5) is 24.0. The smallest absolute Gasteiger partial charge is 0.302 e. The van der Waals surface area contributed by atoms with Crippen LogP contribution in [0, 0.1) is 35.0 Å². The number of carbonyl (C=O) groups is 2. The zero-order valence-corrected chi connectivity index (χ0v) is 21.0. The van der Waals surface area contributed by atoms with Crippen LogP contribution in [0.1, 0.15) is 110 Å². The molecule has 33 heavy (non-hydrogen) atoms. The van der Waals surface area contributed by atoms with E-state index in [9.17, 15) is 9.59 Å². The number of carbonyl (C=O) groups excluding carboxylic acids is 2. The molecule has 6 unspecified atom stereocenters. The molecule has 0 heterocycles. The van der Waals surface area contributed by atoms with Gasteiger partial charge in [-0.05, 0) is 87.0 Å². The predicted molar refractivity (Wildman–Crippen MR) is 131 cm³/mol. The Balaban J connectivity index is 1.44. The van der Waals surface area contributed by atoms with E-state index in [1.807, 2.05) is 6.08 Å². The second-order valence-corrected chi connectivity index (χ2v) is 11.8. The lowest BCUT2D eigenvalue weighted by molar-refractivity contribution is -0.157. The minimum absolute atomic E-state index is 0.0883. The number of allylic oxidation sites excluding steroid dienone is 1. The molecular weight excluding hydrogens is 412 g/mol. The van der Waals surface area contributed by atoms with E-state index in [4.69, 9.17) is 9.84 Å². The first-order valence-corrected chi connectivity index (χ1v) is 14.0. The number of rotatable bonds is 10. The zero-order chi connectivity index (χ0) is 23.4. The molecule has 4 heteroatoms. The highest BCUT2D eigenvalue weighted by Gasteiger charge is 2.59. The molecule has 0 aromatic carbocycles. The Morgan fingerprint density at radius 1 is 1.06 bits per heavy atom. The van der Waals surface area contributed by atoms with Crippen molar-refractivity contribution in [2.75, 3.05) is 6.61 Å². The molecule has 0 aromatic heterocycles. The molecule has 0 amide bonds. The Morgan fingerprint density at radius 2 is 1.79 bits per heavy atom. The van der Waals surface area contributed by atoms with Gasteiger partial charge in [-0.1, -0.05) is 51.0 Å². The van der Waals surface area contributed by atoms with Crippen molar-refractivity contribution >= 4 is 11.8 Å². The molecular formula is C29H46O4. The van der Waals surface area contributed by atoms with Crippen LogP contribution in [0.15, 0.2) is 11.6 Å². The van der Waals surface area contributed by atoms with Crippen LogP contribution in [0.2, 0.25) is 0 Å². The average Bonchev–Trinajstić information content (AvgIpc) is 3.10. The summed E-state index contributed by atoms with van der Waals surface area (Å²) in [7, 11) is 0. The number of hydrogen-bond acceptors (Lipinski definition) is 4. The van der Waals surface area contributed by atoms with Crippen LogP contribution in [0.5, 0.6) is 0 Å². The Bertz CT molecular complexity index is 727. The molecule has 0 spiro atoms. The van der Waals surface area contributed by atoms with E-state index in [-0.39, 0.29) is 17.5 Å². The maximum absolute atomic E-state index is 12.2. The molecule has 7 atom stereocenters. The fraction of sp³-hybridized carbons (Fsp3) is 0.862. The topological polar surface area (TPSA) is 63.6 Å². The van der Waals surface area contributed by atoms with E-state index < -0.39 is 0 Å². The molecule has 1 N–H and O–H groups in total. The fourth-order valence-electron chi connectivity index (χ4n) is 8.42. The number of ketones is 1. The minimum Gasteiger partial charge on any atom is -0.462 e. The number of ether oxygens (including phenoxy) is 1. The van der Waals surface area contributed by atoms with Crippen LogP contribution in [-0.2, 0) is 14.3 Å². The van der Waals surface area contributed by atoms with Crippen LogP contribution < -0.4 is 0 Å². The van der Waals surface area contributed by atoms with Crippen LogP contribution in [0.3, 0.4) is 0 Å². The summed E-state index contributed by atoms with van der Waals surface area (Å²) in [6.45, 7) is 4.29. The van der Waals surface area contributed by atoms with Crippen molar-refractivity contribution in [3.8, 4) is 0 Å². The second-order valence-electron chi connectivity index (χ2n) is 11.8. The van der Waals surface area contributed by atoms with E-state index in [0.717, 1.165) is 56.8 Å². The number of hydrogen-bond donors (Lipinski definition) is 1. The maximum atomic E-state index is 12.2. The molecule has 186 valence electrons. The Kier molecular flexibility index (Phi) is 8.36. The van der Waals surface area contributed by atoms with Crippen molar-refractivity contribution in [3.63, 3.8) is 0 Å². The first-order chi connectivity index (χ1) is 15.9. The summed E-state index contributed by atoms with van der Waals surface area (Å²) in [5.74, 6) is 3.62. The normalized spacial score (nSPS) is 37.7. The molecule has 4 nitrogen and oxygen atoms in total. The van der Waals surface area contributed by atoms with Crippen molar-refractivity contribution in [3.05, 3.63) is 11.6 Å². The summed E-state index contributed by atoms with van der Waals surface area (Å²) in [5.41, 5.74) is 1.60. The lowest BCUT2D eigenvalue weighted by Crippen LogP contribution is -2.51. The van der Waals surface area contributed by atoms with E-state index in [1.165, 1.54) is 56.9 Å². The van der Waals surface area contributed by atoms with E-state index in [1.54, 1.807) is 6.92 Å². The van der Waals surface area contributed by atoms with Crippen molar-refractivity contribution in [1.29, 1.82) is 0 Å². The van der Waals surface area contributed by atoms with Crippen molar-refractivity contribution in [2.45, 2.75) is 116 Å². The number of unbranched alkanes of at least 4 members (excludes halogenated alkanes) is 6. The fourth-order valence-corrected chi connectivity index (χ4v) is 8.42. The number of fused-ring (bicyclic) bond motifs is 5. The maximum Gasteiger partial charge on any atom is 0.302 e. The van der Waals surface area contributed by atoms with Gasteiger partial charge in [-0.15, -0.1) is 0 Å². The minimum atomic E-state index is -0.126. The summed E-state index contributed by atoms with van der Waals surface area (Å²) < 4.78 is 5.86. The van der Waals surface area contributed by atoms with Crippen LogP contribution in [0.25, 0.3) is 0 Å². The van der Waals surface area contributed by atoms with Gasteiger partial charge in [0, 0.05) is 25.4 Å².